The fourth-order valence-electron chi connectivity index (χ4n) is 3.25. The lowest BCUT2D eigenvalue weighted by molar-refractivity contribution is 0.815. The number of nitrogens with zero attached hydrogens (tertiary/aromatic N) is 4. The van der Waals surface area contributed by atoms with E-state index in [1.54, 1.807) is 0 Å². The van der Waals surface area contributed by atoms with Crippen molar-refractivity contribution in [3.63, 3.8) is 0 Å². The third-order valence-corrected chi connectivity index (χ3v) is 4.24. The van der Waals surface area contributed by atoms with Gasteiger partial charge in [0, 0.05) is 29.3 Å². The van der Waals surface area contributed by atoms with Crippen molar-refractivity contribution in [2.45, 2.75) is 47.5 Å². The molecule has 0 saturated heterocycles. The first kappa shape index (κ1) is 13.9. The van der Waals surface area contributed by atoms with Crippen LogP contribution in [0.2, 0.25) is 0 Å². The zero-order chi connectivity index (χ0) is 15.3. The van der Waals surface area contributed by atoms with E-state index in [0.29, 0.717) is 5.92 Å². The van der Waals surface area contributed by atoms with Gasteiger partial charge in [0.05, 0.1) is 11.4 Å². The van der Waals surface area contributed by atoms with E-state index in [1.165, 1.54) is 11.3 Å². The summed E-state index contributed by atoms with van der Waals surface area (Å²) in [5, 5.41) is 4.76. The van der Waals surface area contributed by atoms with Crippen molar-refractivity contribution in [2.75, 3.05) is 0 Å². The summed E-state index contributed by atoms with van der Waals surface area (Å²) in [6.45, 7) is 12.9. The van der Waals surface area contributed by atoms with Crippen molar-refractivity contribution in [1.82, 2.24) is 19.2 Å². The summed E-state index contributed by atoms with van der Waals surface area (Å²) in [5.74, 6) is 0.483. The predicted molar refractivity (Wildman–Crippen MR) is 85.4 cm³/mol. The third-order valence-electron chi connectivity index (χ3n) is 4.24. The summed E-state index contributed by atoms with van der Waals surface area (Å²) in [4.78, 5) is 4.52. The second-order valence-electron chi connectivity index (χ2n) is 6.07. The summed E-state index contributed by atoms with van der Waals surface area (Å²) in [7, 11) is 0. The van der Waals surface area contributed by atoms with Crippen molar-refractivity contribution in [1.29, 1.82) is 0 Å². The summed E-state index contributed by atoms with van der Waals surface area (Å²) < 4.78 is 4.18. The Morgan fingerprint density at radius 2 is 1.81 bits per heavy atom. The first-order valence-corrected chi connectivity index (χ1v) is 7.41. The highest BCUT2D eigenvalue weighted by atomic mass is 15.3. The minimum atomic E-state index is 0.483. The van der Waals surface area contributed by atoms with Crippen LogP contribution in [0.4, 0.5) is 0 Å². The number of aryl methyl sites for hydroxylation is 3. The fourth-order valence-corrected chi connectivity index (χ4v) is 3.25. The van der Waals surface area contributed by atoms with Crippen molar-refractivity contribution >= 4 is 5.65 Å². The molecule has 3 aromatic rings. The molecule has 21 heavy (non-hydrogen) atoms. The molecular formula is C17H22N4. The molecule has 0 N–H and O–H groups in total. The van der Waals surface area contributed by atoms with Crippen LogP contribution in [0.1, 0.15) is 48.0 Å². The summed E-state index contributed by atoms with van der Waals surface area (Å²) in [6, 6.07) is 2.13. The topological polar surface area (TPSA) is 35.1 Å². The van der Waals surface area contributed by atoms with Crippen LogP contribution in [0.15, 0.2) is 18.5 Å². The van der Waals surface area contributed by atoms with Gasteiger partial charge in [0.15, 0.2) is 0 Å². The Kier molecular flexibility index (Phi) is 3.12. The zero-order valence-electron chi connectivity index (χ0n) is 13.6. The van der Waals surface area contributed by atoms with Gasteiger partial charge in [-0.05, 0) is 45.2 Å². The fraction of sp³-hybridized carbons (Fsp3) is 0.412. The van der Waals surface area contributed by atoms with Crippen LogP contribution in [0, 0.1) is 27.7 Å². The highest BCUT2D eigenvalue weighted by Gasteiger charge is 2.17. The molecule has 0 atom stereocenters. The number of aromatic nitrogens is 4. The molecule has 4 heteroatoms. The quantitative estimate of drug-likeness (QED) is 0.715. The molecule has 0 aromatic carbocycles. The number of fused-ring (bicyclic) bond motifs is 1. The van der Waals surface area contributed by atoms with Crippen LogP contribution in [-0.4, -0.2) is 19.2 Å². The van der Waals surface area contributed by atoms with E-state index in [4.69, 9.17) is 5.10 Å². The molecule has 0 saturated carbocycles. The Labute approximate surface area is 125 Å². The van der Waals surface area contributed by atoms with E-state index in [2.05, 4.69) is 67.9 Å². The molecule has 0 bridgehead atoms. The lowest BCUT2D eigenvalue weighted by atomic mass is 10.0. The van der Waals surface area contributed by atoms with Gasteiger partial charge in [-0.3, -0.25) is 0 Å². The van der Waals surface area contributed by atoms with Crippen molar-refractivity contribution in [3.05, 3.63) is 46.7 Å². The largest absolute Gasteiger partial charge is 0.304 e. The monoisotopic (exact) mass is 282 g/mol. The first-order valence-electron chi connectivity index (χ1n) is 7.41. The lowest BCUT2D eigenvalue weighted by Gasteiger charge is -2.11. The van der Waals surface area contributed by atoms with Crippen LogP contribution in [0.5, 0.6) is 0 Å². The van der Waals surface area contributed by atoms with Gasteiger partial charge in [-0.15, -0.1) is 0 Å². The molecule has 0 amide bonds. The molecule has 0 unspecified atom stereocenters. The Bertz CT molecular complexity index is 821. The minimum Gasteiger partial charge on any atom is -0.304 e. The van der Waals surface area contributed by atoms with Gasteiger partial charge >= 0.3 is 0 Å². The van der Waals surface area contributed by atoms with E-state index in [0.717, 1.165) is 28.3 Å². The number of pyridine rings is 1. The maximum Gasteiger partial charge on any atom is 0.141 e. The molecule has 3 heterocycles. The molecule has 3 aromatic heterocycles. The Balaban J connectivity index is 2.26. The molecule has 110 valence electrons. The van der Waals surface area contributed by atoms with Gasteiger partial charge in [0.2, 0.25) is 0 Å². The normalized spacial score (nSPS) is 11.8. The number of rotatable bonds is 2. The van der Waals surface area contributed by atoms with Crippen molar-refractivity contribution in [2.24, 2.45) is 0 Å². The Morgan fingerprint density at radius 1 is 1.10 bits per heavy atom. The molecule has 0 aliphatic rings. The molecule has 0 fully saturated rings. The first-order chi connectivity index (χ1) is 9.91. The molecule has 0 spiro atoms. The average molecular weight is 282 g/mol. The maximum atomic E-state index is 4.76. The Hall–Kier alpha value is -2.10. The standard InChI is InChI=1S/C17H22N4/c1-10(2)16-13(5)19-21(14(16)6)15-7-8-20-11(3)9-18-17(20)12(15)4/h7-10H,1-6H3. The van der Waals surface area contributed by atoms with Crippen LogP contribution in [-0.2, 0) is 0 Å². The average Bonchev–Trinajstić information content (AvgIpc) is 2.92. The van der Waals surface area contributed by atoms with E-state index < -0.39 is 0 Å². The molecule has 3 rings (SSSR count). The minimum absolute atomic E-state index is 0.483. The van der Waals surface area contributed by atoms with E-state index in [-0.39, 0.29) is 0 Å². The molecular weight excluding hydrogens is 260 g/mol. The van der Waals surface area contributed by atoms with E-state index in [9.17, 15) is 0 Å². The summed E-state index contributed by atoms with van der Waals surface area (Å²) in [6.07, 6.45) is 3.98. The van der Waals surface area contributed by atoms with Gasteiger partial charge in [0.1, 0.15) is 5.65 Å². The predicted octanol–water partition coefficient (Wildman–Crippen LogP) is 3.88. The Morgan fingerprint density at radius 3 is 2.43 bits per heavy atom. The van der Waals surface area contributed by atoms with Crippen molar-refractivity contribution < 1.29 is 0 Å². The maximum absolute atomic E-state index is 4.76. The molecule has 0 aliphatic carbocycles. The third kappa shape index (κ3) is 1.97. The van der Waals surface area contributed by atoms with E-state index >= 15 is 0 Å². The summed E-state index contributed by atoms with van der Waals surface area (Å²) in [5.41, 5.74) is 8.10. The van der Waals surface area contributed by atoms with Crippen molar-refractivity contribution in [3.8, 4) is 5.69 Å². The van der Waals surface area contributed by atoms with Gasteiger partial charge in [-0.1, -0.05) is 13.8 Å². The van der Waals surface area contributed by atoms with Crippen LogP contribution >= 0.6 is 0 Å². The van der Waals surface area contributed by atoms with Gasteiger partial charge < -0.3 is 4.40 Å². The highest BCUT2D eigenvalue weighted by molar-refractivity contribution is 5.58. The number of imidazole rings is 1. The molecule has 0 aliphatic heterocycles. The summed E-state index contributed by atoms with van der Waals surface area (Å²) >= 11 is 0. The van der Waals surface area contributed by atoms with Gasteiger partial charge in [0.25, 0.3) is 0 Å². The van der Waals surface area contributed by atoms with E-state index in [1.807, 2.05) is 6.20 Å². The lowest BCUT2D eigenvalue weighted by Crippen LogP contribution is -2.04. The second kappa shape index (κ2) is 4.72. The highest BCUT2D eigenvalue weighted by Crippen LogP contribution is 2.27. The van der Waals surface area contributed by atoms with Crippen LogP contribution in [0.3, 0.4) is 0 Å². The van der Waals surface area contributed by atoms with Gasteiger partial charge in [-0.25, -0.2) is 9.67 Å². The molecule has 0 radical (unpaired) electrons. The van der Waals surface area contributed by atoms with Crippen LogP contribution < -0.4 is 0 Å². The zero-order valence-corrected chi connectivity index (χ0v) is 13.6. The van der Waals surface area contributed by atoms with Crippen LogP contribution in [0.25, 0.3) is 11.3 Å². The molecule has 4 nitrogen and oxygen atoms in total. The second-order valence-corrected chi connectivity index (χ2v) is 6.07. The smallest absolute Gasteiger partial charge is 0.141 e. The number of hydrogen-bond donors (Lipinski definition) is 0. The SMILES string of the molecule is Cc1nn(-c2ccn3c(C)cnc3c2C)c(C)c1C(C)C. The van der Waals surface area contributed by atoms with Gasteiger partial charge in [-0.2, -0.15) is 5.10 Å². The number of hydrogen-bond acceptors (Lipinski definition) is 2.